The fourth-order valence-electron chi connectivity index (χ4n) is 1.03. The highest BCUT2D eigenvalue weighted by molar-refractivity contribution is 5.91. The van der Waals surface area contributed by atoms with Gasteiger partial charge in [-0.25, -0.2) is 4.39 Å². The van der Waals surface area contributed by atoms with E-state index in [1.165, 1.54) is 31.2 Å². The second kappa shape index (κ2) is 5.34. The van der Waals surface area contributed by atoms with Crippen LogP contribution in [-0.4, -0.2) is 12.4 Å². The van der Waals surface area contributed by atoms with Gasteiger partial charge in [0.05, 0.1) is 0 Å². The van der Waals surface area contributed by atoms with Gasteiger partial charge in [-0.15, -0.1) is 0 Å². The first-order chi connectivity index (χ1) is 7.49. The molecule has 0 fully saturated rings. The van der Waals surface area contributed by atoms with Crippen molar-refractivity contribution >= 4 is 11.9 Å². The van der Waals surface area contributed by atoms with E-state index in [2.05, 4.69) is 4.74 Å². The van der Waals surface area contributed by atoms with Gasteiger partial charge in [-0.2, -0.15) is 8.78 Å². The molecule has 5 heteroatoms. The van der Waals surface area contributed by atoms with Gasteiger partial charge >= 0.3 is 6.61 Å². The number of ketones is 1. The van der Waals surface area contributed by atoms with Crippen LogP contribution < -0.4 is 4.74 Å². The number of ether oxygens (including phenoxy) is 1. The molecule has 0 amide bonds. The molecule has 1 aromatic rings. The van der Waals surface area contributed by atoms with E-state index in [0.717, 1.165) is 6.07 Å². The molecule has 0 radical (unpaired) electrons. The minimum atomic E-state index is -2.99. The van der Waals surface area contributed by atoms with Gasteiger partial charge in [-0.05, 0) is 31.2 Å². The lowest BCUT2D eigenvalue weighted by molar-refractivity contribution is -0.112. The molecule has 16 heavy (non-hydrogen) atoms. The van der Waals surface area contributed by atoms with Crippen LogP contribution >= 0.6 is 0 Å². The molecule has 0 unspecified atom stereocenters. The molecule has 0 N–H and O–H groups in total. The average molecular weight is 230 g/mol. The lowest BCUT2D eigenvalue weighted by atomic mass is 10.2. The normalized spacial score (nSPS) is 11.1. The Kier molecular flexibility index (Phi) is 4.10. The third kappa shape index (κ3) is 3.76. The van der Waals surface area contributed by atoms with Crippen LogP contribution in [0.2, 0.25) is 0 Å². The van der Waals surface area contributed by atoms with Crippen molar-refractivity contribution in [2.75, 3.05) is 0 Å². The number of carbonyl (C=O) groups is 1. The molecule has 0 saturated heterocycles. The van der Waals surface area contributed by atoms with Crippen molar-refractivity contribution in [1.82, 2.24) is 0 Å². The van der Waals surface area contributed by atoms with Crippen LogP contribution in [0.3, 0.4) is 0 Å². The largest absolute Gasteiger partial charge is 0.435 e. The number of carbonyl (C=O) groups excluding carboxylic acids is 1. The van der Waals surface area contributed by atoms with Crippen molar-refractivity contribution in [2.24, 2.45) is 0 Å². The molecule has 0 spiro atoms. The Balaban J connectivity index is 2.87. The number of hydrogen-bond acceptors (Lipinski definition) is 2. The molecule has 0 atom stereocenters. The van der Waals surface area contributed by atoms with Crippen molar-refractivity contribution in [2.45, 2.75) is 13.5 Å². The first-order valence-electron chi connectivity index (χ1n) is 4.42. The summed E-state index contributed by atoms with van der Waals surface area (Å²) in [6.45, 7) is -1.67. The van der Waals surface area contributed by atoms with E-state index in [-0.39, 0.29) is 17.1 Å². The maximum Gasteiger partial charge on any atom is 0.387 e. The van der Waals surface area contributed by atoms with Crippen LogP contribution in [0.25, 0.3) is 6.08 Å². The fraction of sp³-hybridized carbons (Fsp3) is 0.182. The monoisotopic (exact) mass is 230 g/mol. The Morgan fingerprint density at radius 2 is 2.12 bits per heavy atom. The zero-order chi connectivity index (χ0) is 12.1. The van der Waals surface area contributed by atoms with E-state index in [1.54, 1.807) is 0 Å². The maximum absolute atomic E-state index is 13.3. The van der Waals surface area contributed by atoms with Gasteiger partial charge < -0.3 is 4.74 Å². The average Bonchev–Trinajstić information content (AvgIpc) is 2.15. The van der Waals surface area contributed by atoms with Crippen LogP contribution in [0.5, 0.6) is 5.75 Å². The van der Waals surface area contributed by atoms with Crippen LogP contribution in [0.4, 0.5) is 13.2 Å². The minimum Gasteiger partial charge on any atom is -0.435 e. The molecule has 1 rings (SSSR count). The van der Waals surface area contributed by atoms with Crippen molar-refractivity contribution in [1.29, 1.82) is 0 Å². The zero-order valence-corrected chi connectivity index (χ0v) is 8.41. The van der Waals surface area contributed by atoms with Gasteiger partial charge in [0, 0.05) is 11.6 Å². The van der Waals surface area contributed by atoms with Crippen LogP contribution in [0.1, 0.15) is 12.5 Å². The lowest BCUT2D eigenvalue weighted by Gasteiger charge is -2.05. The van der Waals surface area contributed by atoms with Gasteiger partial charge in [0.15, 0.2) is 5.78 Å². The molecular weight excluding hydrogens is 221 g/mol. The van der Waals surface area contributed by atoms with E-state index < -0.39 is 12.4 Å². The van der Waals surface area contributed by atoms with Crippen LogP contribution in [0, 0.1) is 5.82 Å². The van der Waals surface area contributed by atoms with Gasteiger partial charge in [0.2, 0.25) is 0 Å². The van der Waals surface area contributed by atoms with E-state index in [4.69, 9.17) is 0 Å². The summed E-state index contributed by atoms with van der Waals surface area (Å²) in [5.74, 6) is -1.21. The van der Waals surface area contributed by atoms with Gasteiger partial charge in [-0.1, -0.05) is 0 Å². The summed E-state index contributed by atoms with van der Waals surface area (Å²) < 4.78 is 40.9. The summed E-state index contributed by atoms with van der Waals surface area (Å²) >= 11 is 0. The molecule has 0 aliphatic carbocycles. The SMILES string of the molecule is CC(=O)/C=C/c1ccc(OC(F)F)cc1F. The lowest BCUT2D eigenvalue weighted by Crippen LogP contribution is -2.02. The highest BCUT2D eigenvalue weighted by Gasteiger charge is 2.06. The third-order valence-corrected chi connectivity index (χ3v) is 1.69. The molecule has 0 aromatic heterocycles. The van der Waals surface area contributed by atoms with E-state index in [0.29, 0.717) is 0 Å². The molecule has 0 heterocycles. The molecule has 0 saturated carbocycles. The van der Waals surface area contributed by atoms with Gasteiger partial charge in [0.25, 0.3) is 0 Å². The van der Waals surface area contributed by atoms with Crippen LogP contribution in [-0.2, 0) is 4.79 Å². The number of rotatable bonds is 4. The van der Waals surface area contributed by atoms with Gasteiger partial charge in [0.1, 0.15) is 11.6 Å². The summed E-state index contributed by atoms with van der Waals surface area (Å²) in [6.07, 6.45) is 2.45. The topological polar surface area (TPSA) is 26.3 Å². The zero-order valence-electron chi connectivity index (χ0n) is 8.41. The Morgan fingerprint density at radius 1 is 1.44 bits per heavy atom. The van der Waals surface area contributed by atoms with E-state index in [9.17, 15) is 18.0 Å². The first kappa shape index (κ1) is 12.3. The number of alkyl halides is 2. The first-order valence-corrected chi connectivity index (χ1v) is 4.42. The number of allylic oxidation sites excluding steroid dienone is 1. The molecule has 0 bridgehead atoms. The highest BCUT2D eigenvalue weighted by Crippen LogP contribution is 2.19. The van der Waals surface area contributed by atoms with Crippen molar-refractivity contribution in [3.63, 3.8) is 0 Å². The highest BCUT2D eigenvalue weighted by atomic mass is 19.3. The predicted molar refractivity (Wildman–Crippen MR) is 52.7 cm³/mol. The summed E-state index contributed by atoms with van der Waals surface area (Å²) in [7, 11) is 0. The van der Waals surface area contributed by atoms with Gasteiger partial charge in [-0.3, -0.25) is 4.79 Å². The predicted octanol–water partition coefficient (Wildman–Crippen LogP) is 3.03. The summed E-state index contributed by atoms with van der Waals surface area (Å²) in [4.78, 5) is 10.6. The molecule has 2 nitrogen and oxygen atoms in total. The summed E-state index contributed by atoms with van der Waals surface area (Å²) in [5.41, 5.74) is 0.136. The number of hydrogen-bond donors (Lipinski definition) is 0. The number of halogens is 3. The summed E-state index contributed by atoms with van der Waals surface area (Å²) in [5, 5.41) is 0. The van der Waals surface area contributed by atoms with Crippen LogP contribution in [0.15, 0.2) is 24.3 Å². The molecular formula is C11H9F3O2. The van der Waals surface area contributed by atoms with E-state index >= 15 is 0 Å². The second-order valence-corrected chi connectivity index (χ2v) is 3.01. The summed E-state index contributed by atoms with van der Waals surface area (Å²) in [6, 6.07) is 3.30. The smallest absolute Gasteiger partial charge is 0.387 e. The Hall–Kier alpha value is -1.78. The third-order valence-electron chi connectivity index (χ3n) is 1.69. The fourth-order valence-corrected chi connectivity index (χ4v) is 1.03. The quantitative estimate of drug-likeness (QED) is 0.743. The Labute approximate surface area is 90.3 Å². The van der Waals surface area contributed by atoms with Crippen molar-refractivity contribution in [3.05, 3.63) is 35.7 Å². The molecule has 0 aliphatic rings. The Morgan fingerprint density at radius 3 is 2.62 bits per heavy atom. The van der Waals surface area contributed by atoms with Crippen molar-refractivity contribution in [3.8, 4) is 5.75 Å². The Bertz CT molecular complexity index is 414. The minimum absolute atomic E-state index is 0.136. The van der Waals surface area contributed by atoms with Crippen molar-refractivity contribution < 1.29 is 22.7 Å². The maximum atomic E-state index is 13.3. The molecule has 0 aliphatic heterocycles. The standard InChI is InChI=1S/C11H9F3O2/c1-7(15)2-3-8-4-5-9(6-10(8)12)16-11(13)14/h2-6,11H,1H3/b3-2+. The molecule has 86 valence electrons. The van der Waals surface area contributed by atoms with E-state index in [1.807, 2.05) is 0 Å². The second-order valence-electron chi connectivity index (χ2n) is 3.01. The molecule has 1 aromatic carbocycles. The number of benzene rings is 1.